The summed E-state index contributed by atoms with van der Waals surface area (Å²) in [5, 5.41) is 11.0. The summed E-state index contributed by atoms with van der Waals surface area (Å²) in [6.45, 7) is 1.77. The third-order valence-electron chi connectivity index (χ3n) is 5.22. The van der Waals surface area contributed by atoms with Gasteiger partial charge in [0.05, 0.1) is 17.4 Å². The van der Waals surface area contributed by atoms with Crippen molar-refractivity contribution in [3.63, 3.8) is 0 Å². The normalized spacial score (nSPS) is 14.3. The first kappa shape index (κ1) is 20.2. The zero-order chi connectivity index (χ0) is 21.1. The molecule has 1 aliphatic heterocycles. The fourth-order valence-corrected chi connectivity index (χ4v) is 3.35. The Morgan fingerprint density at radius 3 is 2.66 bits per heavy atom. The van der Waals surface area contributed by atoms with E-state index in [1.54, 1.807) is 50.4 Å². The molecular weight excluding hydrogens is 374 g/mol. The molecule has 0 aromatic heterocycles. The van der Waals surface area contributed by atoms with Crippen LogP contribution in [-0.4, -0.2) is 46.0 Å². The van der Waals surface area contributed by atoms with E-state index in [1.807, 2.05) is 0 Å². The Balaban J connectivity index is 1.66. The van der Waals surface area contributed by atoms with Crippen LogP contribution in [0.25, 0.3) is 0 Å². The predicted molar refractivity (Wildman–Crippen MR) is 105 cm³/mol. The topological polar surface area (TPSA) is 101 Å². The van der Waals surface area contributed by atoms with Crippen LogP contribution in [0.5, 0.6) is 0 Å². The molecule has 2 aromatic rings. The molecule has 0 aliphatic carbocycles. The maximum Gasteiger partial charge on any atom is 0.269 e. The minimum atomic E-state index is -0.483. The van der Waals surface area contributed by atoms with Crippen molar-refractivity contribution in [3.05, 3.63) is 75.3 Å². The fourth-order valence-electron chi connectivity index (χ4n) is 3.35. The molecule has 3 rings (SSSR count). The first-order valence-corrected chi connectivity index (χ1v) is 9.22. The van der Waals surface area contributed by atoms with Crippen LogP contribution >= 0.6 is 0 Å². The van der Waals surface area contributed by atoms with Gasteiger partial charge in [-0.2, -0.15) is 0 Å². The molecule has 0 spiro atoms. The molecule has 1 atom stereocenters. The van der Waals surface area contributed by atoms with Crippen molar-refractivity contribution in [2.45, 2.75) is 25.8 Å². The highest BCUT2D eigenvalue weighted by Gasteiger charge is 2.31. The third-order valence-corrected chi connectivity index (χ3v) is 5.22. The van der Waals surface area contributed by atoms with E-state index in [2.05, 4.69) is 0 Å². The second kappa shape index (κ2) is 8.22. The Kier molecular flexibility index (Phi) is 5.72. The number of imide groups is 1. The molecule has 0 saturated carbocycles. The maximum absolute atomic E-state index is 12.6. The van der Waals surface area contributed by atoms with Gasteiger partial charge in [0.25, 0.3) is 11.6 Å². The lowest BCUT2D eigenvalue weighted by Crippen LogP contribution is -2.44. The molecule has 1 heterocycles. The highest BCUT2D eigenvalue weighted by molar-refractivity contribution is 6.09. The van der Waals surface area contributed by atoms with Crippen molar-refractivity contribution in [1.29, 1.82) is 0 Å². The Labute approximate surface area is 167 Å². The van der Waals surface area contributed by atoms with Gasteiger partial charge in [0, 0.05) is 37.7 Å². The molecule has 1 aliphatic rings. The van der Waals surface area contributed by atoms with Gasteiger partial charge in [0.2, 0.25) is 11.8 Å². The van der Waals surface area contributed by atoms with Crippen molar-refractivity contribution >= 4 is 23.4 Å². The number of benzene rings is 2. The molecule has 0 unspecified atom stereocenters. The Bertz CT molecular complexity index is 988. The predicted octanol–water partition coefficient (Wildman–Crippen LogP) is 2.73. The lowest BCUT2D eigenvalue weighted by Gasteiger charge is -2.29. The highest BCUT2D eigenvalue weighted by atomic mass is 16.6. The van der Waals surface area contributed by atoms with Gasteiger partial charge >= 0.3 is 0 Å². The van der Waals surface area contributed by atoms with Gasteiger partial charge in [-0.25, -0.2) is 0 Å². The molecule has 0 radical (unpaired) electrons. The average Bonchev–Trinajstić information content (AvgIpc) is 2.72. The van der Waals surface area contributed by atoms with Crippen LogP contribution in [0.1, 0.15) is 40.9 Å². The molecule has 8 heteroatoms. The summed E-state index contributed by atoms with van der Waals surface area (Å²) in [7, 11) is 1.60. The van der Waals surface area contributed by atoms with Crippen molar-refractivity contribution in [2.24, 2.45) is 0 Å². The second-order valence-electron chi connectivity index (χ2n) is 6.97. The van der Waals surface area contributed by atoms with E-state index >= 15 is 0 Å². The van der Waals surface area contributed by atoms with Crippen LogP contribution in [0.4, 0.5) is 5.69 Å². The monoisotopic (exact) mass is 395 g/mol. The van der Waals surface area contributed by atoms with Gasteiger partial charge in [-0.1, -0.05) is 30.3 Å². The largest absolute Gasteiger partial charge is 0.339 e. The van der Waals surface area contributed by atoms with E-state index in [1.165, 1.54) is 17.0 Å². The molecule has 150 valence electrons. The van der Waals surface area contributed by atoms with E-state index in [0.717, 1.165) is 4.90 Å². The number of nitro groups is 1. The van der Waals surface area contributed by atoms with Gasteiger partial charge in [-0.05, 0) is 24.1 Å². The number of carbonyl (C=O) groups excluding carboxylic acids is 3. The lowest BCUT2D eigenvalue weighted by atomic mass is 9.98. The van der Waals surface area contributed by atoms with Crippen LogP contribution in [0.15, 0.2) is 48.5 Å². The number of non-ortho nitro benzene ring substituents is 1. The summed E-state index contributed by atoms with van der Waals surface area (Å²) in [6.07, 6.45) is 0.117. The number of hydrogen-bond acceptors (Lipinski definition) is 5. The summed E-state index contributed by atoms with van der Waals surface area (Å²) >= 11 is 0. The van der Waals surface area contributed by atoms with E-state index < -0.39 is 11.0 Å². The summed E-state index contributed by atoms with van der Waals surface area (Å²) < 4.78 is 0. The SMILES string of the molecule is C[C@H](c1cccc([N+](=O)[O-])c1)N(C)C(=O)CCN1C(=O)Cc2ccccc2C1=O. The number of hydrogen-bond donors (Lipinski definition) is 0. The van der Waals surface area contributed by atoms with Gasteiger partial charge in [-0.15, -0.1) is 0 Å². The van der Waals surface area contributed by atoms with E-state index in [9.17, 15) is 24.5 Å². The quantitative estimate of drug-likeness (QED) is 0.425. The minimum absolute atomic E-state index is 0.00314. The maximum atomic E-state index is 12.6. The third kappa shape index (κ3) is 4.16. The first-order valence-electron chi connectivity index (χ1n) is 9.22. The molecule has 0 saturated heterocycles. The van der Waals surface area contributed by atoms with Crippen LogP contribution in [0.3, 0.4) is 0 Å². The molecule has 29 heavy (non-hydrogen) atoms. The zero-order valence-corrected chi connectivity index (χ0v) is 16.2. The Morgan fingerprint density at radius 1 is 1.21 bits per heavy atom. The molecule has 0 bridgehead atoms. The number of nitro benzene ring substituents is 1. The second-order valence-corrected chi connectivity index (χ2v) is 6.97. The Hall–Kier alpha value is -3.55. The van der Waals surface area contributed by atoms with E-state index in [-0.39, 0.29) is 42.8 Å². The van der Waals surface area contributed by atoms with Crippen molar-refractivity contribution < 1.29 is 19.3 Å². The number of rotatable bonds is 6. The summed E-state index contributed by atoms with van der Waals surface area (Å²) in [6, 6.07) is 12.7. The number of nitrogens with zero attached hydrogens (tertiary/aromatic N) is 3. The molecule has 2 aromatic carbocycles. The van der Waals surface area contributed by atoms with E-state index in [0.29, 0.717) is 16.7 Å². The zero-order valence-electron chi connectivity index (χ0n) is 16.2. The van der Waals surface area contributed by atoms with Gasteiger partial charge < -0.3 is 4.90 Å². The van der Waals surface area contributed by atoms with E-state index in [4.69, 9.17) is 0 Å². The average molecular weight is 395 g/mol. The first-order chi connectivity index (χ1) is 13.8. The number of fused-ring (bicyclic) bond motifs is 1. The van der Waals surface area contributed by atoms with Crippen molar-refractivity contribution in [3.8, 4) is 0 Å². The number of amides is 3. The smallest absolute Gasteiger partial charge is 0.269 e. The van der Waals surface area contributed by atoms with Crippen LogP contribution < -0.4 is 0 Å². The molecule has 0 fully saturated rings. The van der Waals surface area contributed by atoms with Crippen LogP contribution in [-0.2, 0) is 16.0 Å². The highest BCUT2D eigenvalue weighted by Crippen LogP contribution is 2.24. The molecule has 3 amide bonds. The summed E-state index contributed by atoms with van der Waals surface area (Å²) in [4.78, 5) is 50.6. The van der Waals surface area contributed by atoms with Gasteiger partial charge in [-0.3, -0.25) is 29.4 Å². The minimum Gasteiger partial charge on any atom is -0.339 e. The fraction of sp³-hybridized carbons (Fsp3) is 0.286. The van der Waals surface area contributed by atoms with Crippen molar-refractivity contribution in [2.75, 3.05) is 13.6 Å². The molecule has 8 nitrogen and oxygen atoms in total. The standard InChI is InChI=1S/C21H21N3O5/c1-14(15-7-5-8-17(12-15)24(28)29)22(2)19(25)10-11-23-20(26)13-16-6-3-4-9-18(16)21(23)27/h3-9,12,14H,10-11,13H2,1-2H3/t14-/m1/s1. The lowest BCUT2D eigenvalue weighted by molar-refractivity contribution is -0.384. The van der Waals surface area contributed by atoms with Crippen LogP contribution in [0, 0.1) is 10.1 Å². The summed E-state index contributed by atoms with van der Waals surface area (Å²) in [5.41, 5.74) is 1.77. The molecule has 0 N–H and O–H groups in total. The summed E-state index contributed by atoms with van der Waals surface area (Å²) in [5.74, 6) is -0.974. The van der Waals surface area contributed by atoms with Gasteiger partial charge in [0.1, 0.15) is 0 Å². The van der Waals surface area contributed by atoms with Crippen LogP contribution in [0.2, 0.25) is 0 Å². The number of carbonyl (C=O) groups is 3. The Morgan fingerprint density at radius 2 is 1.93 bits per heavy atom. The van der Waals surface area contributed by atoms with Gasteiger partial charge in [0.15, 0.2) is 0 Å². The molecular formula is C21H21N3O5. The van der Waals surface area contributed by atoms with Crippen molar-refractivity contribution in [1.82, 2.24) is 9.80 Å².